The highest BCUT2D eigenvalue weighted by Crippen LogP contribution is 2.33. The van der Waals surface area contributed by atoms with Gasteiger partial charge in [0.05, 0.1) is 17.4 Å². The zero-order valence-corrected chi connectivity index (χ0v) is 15.8. The van der Waals surface area contributed by atoms with Gasteiger partial charge in [0, 0.05) is 24.8 Å². The van der Waals surface area contributed by atoms with Gasteiger partial charge in [0.2, 0.25) is 5.78 Å². The van der Waals surface area contributed by atoms with E-state index in [2.05, 4.69) is 15.1 Å². The third-order valence-electron chi connectivity index (χ3n) is 5.62. The van der Waals surface area contributed by atoms with Gasteiger partial charge in [-0.05, 0) is 43.5 Å². The second-order valence-electron chi connectivity index (χ2n) is 7.35. The molecular formula is C21H20FN5O. The van der Waals surface area contributed by atoms with Gasteiger partial charge >= 0.3 is 0 Å². The first kappa shape index (κ1) is 16.9. The van der Waals surface area contributed by atoms with E-state index in [0.717, 1.165) is 47.5 Å². The van der Waals surface area contributed by atoms with Gasteiger partial charge in [-0.25, -0.2) is 4.39 Å². The number of anilines is 1. The lowest BCUT2D eigenvalue weighted by atomic mass is 9.97. The Labute approximate surface area is 160 Å². The number of nitrogens with zero attached hydrogens (tertiary/aromatic N) is 5. The van der Waals surface area contributed by atoms with Crippen molar-refractivity contribution in [1.82, 2.24) is 19.2 Å². The lowest BCUT2D eigenvalue weighted by molar-refractivity contribution is 0.583. The van der Waals surface area contributed by atoms with E-state index in [4.69, 9.17) is 0 Å². The van der Waals surface area contributed by atoms with Crippen molar-refractivity contribution >= 4 is 22.4 Å². The second-order valence-corrected chi connectivity index (χ2v) is 7.35. The summed E-state index contributed by atoms with van der Waals surface area (Å²) >= 11 is 0. The van der Waals surface area contributed by atoms with Crippen LogP contribution in [0.4, 0.5) is 10.1 Å². The monoisotopic (exact) mass is 377 g/mol. The van der Waals surface area contributed by atoms with Crippen LogP contribution in [0.1, 0.15) is 23.4 Å². The van der Waals surface area contributed by atoms with Gasteiger partial charge in [0.1, 0.15) is 5.82 Å². The fourth-order valence-electron chi connectivity index (χ4n) is 4.29. The number of benzene rings is 2. The molecule has 4 aromatic rings. The van der Waals surface area contributed by atoms with Gasteiger partial charge in [-0.15, -0.1) is 10.2 Å². The van der Waals surface area contributed by atoms with Gasteiger partial charge in [-0.2, -0.15) is 0 Å². The molecule has 7 heteroatoms. The van der Waals surface area contributed by atoms with Crippen molar-refractivity contribution in [2.45, 2.75) is 26.3 Å². The van der Waals surface area contributed by atoms with Crippen molar-refractivity contribution in [3.63, 3.8) is 0 Å². The average molecular weight is 377 g/mol. The summed E-state index contributed by atoms with van der Waals surface area (Å²) in [5, 5.41) is 9.27. The van der Waals surface area contributed by atoms with Crippen LogP contribution in [0.3, 0.4) is 0 Å². The molecule has 3 heterocycles. The fraction of sp³-hybridized carbons (Fsp3) is 0.286. The zero-order chi connectivity index (χ0) is 19.4. The molecule has 2 aromatic carbocycles. The molecule has 28 heavy (non-hydrogen) atoms. The van der Waals surface area contributed by atoms with Crippen LogP contribution in [0.2, 0.25) is 0 Å². The van der Waals surface area contributed by atoms with Crippen molar-refractivity contribution in [2.75, 3.05) is 11.4 Å². The second kappa shape index (κ2) is 6.15. The molecule has 0 aliphatic carbocycles. The van der Waals surface area contributed by atoms with Crippen LogP contribution < -0.4 is 10.5 Å². The Balaban J connectivity index is 1.70. The maximum Gasteiger partial charge on any atom is 0.262 e. The maximum absolute atomic E-state index is 14.4. The first-order valence-electron chi connectivity index (χ1n) is 9.41. The predicted molar refractivity (Wildman–Crippen MR) is 106 cm³/mol. The summed E-state index contributed by atoms with van der Waals surface area (Å²) in [6.45, 7) is 3.34. The Morgan fingerprint density at radius 1 is 1.14 bits per heavy atom. The summed E-state index contributed by atoms with van der Waals surface area (Å²) in [6.07, 6.45) is 1.64. The summed E-state index contributed by atoms with van der Waals surface area (Å²) in [4.78, 5) is 14.8. The molecule has 1 aliphatic rings. The van der Waals surface area contributed by atoms with E-state index in [-0.39, 0.29) is 11.4 Å². The molecule has 0 unspecified atom stereocenters. The molecule has 5 rings (SSSR count). The van der Waals surface area contributed by atoms with Crippen LogP contribution in [0.15, 0.2) is 41.2 Å². The zero-order valence-electron chi connectivity index (χ0n) is 15.8. The molecule has 0 bridgehead atoms. The summed E-state index contributed by atoms with van der Waals surface area (Å²) in [5.41, 5.74) is 3.48. The molecule has 6 nitrogen and oxygen atoms in total. The molecular weight excluding hydrogens is 357 g/mol. The minimum absolute atomic E-state index is 0.0942. The van der Waals surface area contributed by atoms with E-state index in [1.54, 1.807) is 13.1 Å². The van der Waals surface area contributed by atoms with Crippen LogP contribution in [-0.4, -0.2) is 25.7 Å². The number of rotatable bonds is 2. The predicted octanol–water partition coefficient (Wildman–Crippen LogP) is 2.98. The van der Waals surface area contributed by atoms with Crippen LogP contribution >= 0.6 is 0 Å². The van der Waals surface area contributed by atoms with Crippen molar-refractivity contribution in [3.8, 4) is 0 Å². The molecule has 2 aromatic heterocycles. The average Bonchev–Trinajstić information content (AvgIpc) is 3.13. The Kier molecular flexibility index (Phi) is 3.72. The smallest absolute Gasteiger partial charge is 0.262 e. The van der Waals surface area contributed by atoms with Gasteiger partial charge in [0.25, 0.3) is 5.56 Å². The highest BCUT2D eigenvalue weighted by Gasteiger charge is 2.24. The molecule has 0 spiro atoms. The maximum atomic E-state index is 14.4. The van der Waals surface area contributed by atoms with E-state index >= 15 is 0 Å². The highest BCUT2D eigenvalue weighted by atomic mass is 19.1. The molecule has 0 saturated carbocycles. The van der Waals surface area contributed by atoms with E-state index in [0.29, 0.717) is 17.7 Å². The number of hydrogen-bond donors (Lipinski definition) is 0. The normalized spacial score (nSPS) is 14.0. The van der Waals surface area contributed by atoms with E-state index < -0.39 is 0 Å². The molecule has 0 radical (unpaired) electrons. The van der Waals surface area contributed by atoms with Crippen molar-refractivity contribution in [2.24, 2.45) is 7.05 Å². The number of hydrogen-bond acceptors (Lipinski definition) is 4. The molecule has 0 saturated heterocycles. The van der Waals surface area contributed by atoms with Gasteiger partial charge < -0.3 is 4.90 Å². The SMILES string of the molecule is Cc1ccc(F)c2c1N(Cc1nnc3n(C)c(=O)c4ccccc4n13)CCC2. The number of fused-ring (bicyclic) bond motifs is 4. The van der Waals surface area contributed by atoms with E-state index in [1.165, 1.54) is 4.57 Å². The Hall–Kier alpha value is -3.22. The number of aromatic nitrogens is 4. The van der Waals surface area contributed by atoms with Crippen molar-refractivity contribution < 1.29 is 4.39 Å². The Morgan fingerprint density at radius 2 is 1.96 bits per heavy atom. The van der Waals surface area contributed by atoms with Crippen LogP contribution in [0.25, 0.3) is 16.7 Å². The Bertz CT molecular complexity index is 1290. The first-order chi connectivity index (χ1) is 13.6. The quantitative estimate of drug-likeness (QED) is 0.539. The lowest BCUT2D eigenvalue weighted by Crippen LogP contribution is -2.31. The molecule has 0 fully saturated rings. The van der Waals surface area contributed by atoms with Gasteiger partial charge in [0.15, 0.2) is 5.82 Å². The third-order valence-corrected chi connectivity index (χ3v) is 5.62. The Morgan fingerprint density at radius 3 is 2.82 bits per heavy atom. The van der Waals surface area contributed by atoms with Crippen molar-refractivity contribution in [3.05, 3.63) is 69.5 Å². The number of halogens is 1. The molecule has 0 atom stereocenters. The summed E-state index contributed by atoms with van der Waals surface area (Å²) in [6, 6.07) is 10.9. The van der Waals surface area contributed by atoms with E-state index in [9.17, 15) is 9.18 Å². The van der Waals surface area contributed by atoms with Gasteiger partial charge in [-0.3, -0.25) is 13.8 Å². The number of para-hydroxylation sites is 1. The molecule has 0 N–H and O–H groups in total. The minimum atomic E-state index is -0.149. The first-order valence-corrected chi connectivity index (χ1v) is 9.41. The molecule has 1 aliphatic heterocycles. The van der Waals surface area contributed by atoms with Crippen molar-refractivity contribution in [1.29, 1.82) is 0 Å². The standard InChI is InChI=1S/C21H20FN5O/c1-13-9-10-16(22)14-7-5-11-26(19(13)14)12-18-23-24-21-25(2)20(28)15-6-3-4-8-17(15)27(18)21/h3-4,6,8-10H,5,7,11-12H2,1-2H3. The van der Waals surface area contributed by atoms with E-state index in [1.807, 2.05) is 41.7 Å². The third kappa shape index (κ3) is 2.35. The fourth-order valence-corrected chi connectivity index (χ4v) is 4.29. The molecule has 142 valence electrons. The van der Waals surface area contributed by atoms with Crippen LogP contribution in [0, 0.1) is 12.7 Å². The topological polar surface area (TPSA) is 55.4 Å². The van der Waals surface area contributed by atoms with Crippen LogP contribution in [0.5, 0.6) is 0 Å². The summed E-state index contributed by atoms with van der Waals surface area (Å²) < 4.78 is 17.8. The summed E-state index contributed by atoms with van der Waals surface area (Å²) in [7, 11) is 1.71. The minimum Gasteiger partial charge on any atom is -0.363 e. The van der Waals surface area contributed by atoms with Crippen LogP contribution in [-0.2, 0) is 20.0 Å². The summed E-state index contributed by atoms with van der Waals surface area (Å²) in [5.74, 6) is 1.09. The molecule has 0 amide bonds. The van der Waals surface area contributed by atoms with Gasteiger partial charge in [-0.1, -0.05) is 18.2 Å². The largest absolute Gasteiger partial charge is 0.363 e. The highest BCUT2D eigenvalue weighted by molar-refractivity contribution is 5.80. The number of aryl methyl sites for hydroxylation is 2. The lowest BCUT2D eigenvalue weighted by Gasteiger charge is -2.32.